The van der Waals surface area contributed by atoms with Crippen molar-refractivity contribution in [2.24, 2.45) is 0 Å². The third-order valence-electron chi connectivity index (χ3n) is 2.05. The van der Waals surface area contributed by atoms with Crippen LogP contribution in [0.15, 0.2) is 4.42 Å². The third kappa shape index (κ3) is 4.78. The van der Waals surface area contributed by atoms with Crippen molar-refractivity contribution in [1.82, 2.24) is 15.5 Å². The molecule has 86 valence electrons. The first-order chi connectivity index (χ1) is 7.36. The molecule has 0 aromatic carbocycles. The number of rotatable bonds is 8. The van der Waals surface area contributed by atoms with Gasteiger partial charge in [-0.15, -0.1) is 5.10 Å². The first kappa shape index (κ1) is 12.0. The highest BCUT2D eigenvalue weighted by molar-refractivity contribution is 5.16. The van der Waals surface area contributed by atoms with Gasteiger partial charge in [-0.2, -0.15) is 0 Å². The molecule has 0 spiro atoms. The predicted molar refractivity (Wildman–Crippen MR) is 59.7 cm³/mol. The summed E-state index contributed by atoms with van der Waals surface area (Å²) in [5, 5.41) is 14.0. The van der Waals surface area contributed by atoms with Crippen LogP contribution in [0.3, 0.4) is 0 Å². The second kappa shape index (κ2) is 7.23. The molecule has 1 heterocycles. The number of unbranched alkanes of at least 4 members (excludes halogenated alkanes) is 2. The molecule has 0 amide bonds. The summed E-state index contributed by atoms with van der Waals surface area (Å²) in [5.41, 5.74) is 0. The van der Waals surface area contributed by atoms with Gasteiger partial charge < -0.3 is 15.1 Å². The minimum atomic E-state index is 0.527. The number of aromatic nitrogens is 2. The number of nitrogens with one attached hydrogen (secondary N) is 2. The second-order valence-corrected chi connectivity index (χ2v) is 3.42. The Bertz CT molecular complexity index is 262. The summed E-state index contributed by atoms with van der Waals surface area (Å²) in [4.78, 5) is 0. The van der Waals surface area contributed by atoms with Gasteiger partial charge in [-0.3, -0.25) is 0 Å². The van der Waals surface area contributed by atoms with E-state index >= 15 is 0 Å². The summed E-state index contributed by atoms with van der Waals surface area (Å²) in [6.45, 7) is 6.67. The van der Waals surface area contributed by atoms with E-state index in [-0.39, 0.29) is 0 Å². The summed E-state index contributed by atoms with van der Waals surface area (Å²) in [5.74, 6) is 0.634. The molecule has 0 fully saturated rings. The fourth-order valence-corrected chi connectivity index (χ4v) is 1.20. The van der Waals surface area contributed by atoms with Gasteiger partial charge in [-0.05, 0) is 13.0 Å². The summed E-state index contributed by atoms with van der Waals surface area (Å²) in [7, 11) is 0. The van der Waals surface area contributed by atoms with Crippen molar-refractivity contribution in [3.8, 4) is 0 Å². The molecule has 2 N–H and O–H groups in total. The van der Waals surface area contributed by atoms with Crippen molar-refractivity contribution in [2.45, 2.75) is 39.7 Å². The van der Waals surface area contributed by atoms with Gasteiger partial charge in [0.15, 0.2) is 0 Å². The van der Waals surface area contributed by atoms with E-state index < -0.39 is 0 Å². The number of hydrogen-bond donors (Lipinski definition) is 2. The van der Waals surface area contributed by atoms with Gasteiger partial charge >= 0.3 is 6.01 Å². The highest BCUT2D eigenvalue weighted by Crippen LogP contribution is 2.05. The highest BCUT2D eigenvalue weighted by Gasteiger charge is 2.03. The minimum Gasteiger partial charge on any atom is -0.407 e. The molecule has 0 bridgehead atoms. The molecule has 0 aliphatic rings. The van der Waals surface area contributed by atoms with Crippen LogP contribution in [0, 0.1) is 0 Å². The molecule has 0 saturated heterocycles. The SMILES string of the molecule is CCCCCNc1nnc(CNCC)o1. The summed E-state index contributed by atoms with van der Waals surface area (Å²) in [6.07, 6.45) is 3.59. The van der Waals surface area contributed by atoms with Crippen LogP contribution in [-0.2, 0) is 6.54 Å². The Kier molecular flexibility index (Phi) is 5.77. The van der Waals surface area contributed by atoms with E-state index in [0.717, 1.165) is 19.5 Å². The fourth-order valence-electron chi connectivity index (χ4n) is 1.20. The average molecular weight is 212 g/mol. The number of anilines is 1. The predicted octanol–water partition coefficient (Wildman–Crippen LogP) is 1.78. The summed E-state index contributed by atoms with van der Waals surface area (Å²) >= 11 is 0. The largest absolute Gasteiger partial charge is 0.407 e. The lowest BCUT2D eigenvalue weighted by molar-refractivity contribution is 0.480. The molecule has 0 saturated carbocycles. The van der Waals surface area contributed by atoms with Crippen molar-refractivity contribution < 1.29 is 4.42 Å². The van der Waals surface area contributed by atoms with Crippen LogP contribution in [0.2, 0.25) is 0 Å². The topological polar surface area (TPSA) is 63.0 Å². The molecule has 5 nitrogen and oxygen atoms in total. The maximum absolute atomic E-state index is 5.37. The molecule has 15 heavy (non-hydrogen) atoms. The van der Waals surface area contributed by atoms with Gasteiger partial charge in [0, 0.05) is 6.54 Å². The Labute approximate surface area is 90.7 Å². The van der Waals surface area contributed by atoms with Gasteiger partial charge in [0.25, 0.3) is 0 Å². The summed E-state index contributed by atoms with van der Waals surface area (Å²) < 4.78 is 5.37. The van der Waals surface area contributed by atoms with Crippen LogP contribution in [0.25, 0.3) is 0 Å². The van der Waals surface area contributed by atoms with Gasteiger partial charge in [0.1, 0.15) is 0 Å². The van der Waals surface area contributed by atoms with Gasteiger partial charge in [0.05, 0.1) is 6.54 Å². The van der Waals surface area contributed by atoms with Crippen molar-refractivity contribution in [2.75, 3.05) is 18.4 Å². The lowest BCUT2D eigenvalue weighted by Gasteiger charge is -1.99. The van der Waals surface area contributed by atoms with Crippen molar-refractivity contribution in [3.05, 3.63) is 5.89 Å². The van der Waals surface area contributed by atoms with Gasteiger partial charge in [-0.1, -0.05) is 31.8 Å². The molecule has 1 aromatic heterocycles. The van der Waals surface area contributed by atoms with Gasteiger partial charge in [-0.25, -0.2) is 0 Å². The molecule has 0 atom stereocenters. The van der Waals surface area contributed by atoms with Crippen molar-refractivity contribution >= 4 is 6.01 Å². The van der Waals surface area contributed by atoms with Crippen molar-refractivity contribution in [3.63, 3.8) is 0 Å². The van der Waals surface area contributed by atoms with E-state index in [1.807, 2.05) is 6.92 Å². The molecule has 0 aliphatic heterocycles. The van der Waals surface area contributed by atoms with E-state index in [2.05, 4.69) is 27.8 Å². The molecule has 5 heteroatoms. The van der Waals surface area contributed by atoms with E-state index in [4.69, 9.17) is 4.42 Å². The zero-order chi connectivity index (χ0) is 10.9. The van der Waals surface area contributed by atoms with E-state index in [1.54, 1.807) is 0 Å². The van der Waals surface area contributed by atoms with Crippen LogP contribution in [-0.4, -0.2) is 23.3 Å². The van der Waals surface area contributed by atoms with E-state index in [0.29, 0.717) is 18.5 Å². The third-order valence-corrected chi connectivity index (χ3v) is 2.05. The van der Waals surface area contributed by atoms with Crippen LogP contribution in [0.5, 0.6) is 0 Å². The second-order valence-electron chi connectivity index (χ2n) is 3.42. The van der Waals surface area contributed by atoms with Crippen LogP contribution >= 0.6 is 0 Å². The number of hydrogen-bond acceptors (Lipinski definition) is 5. The first-order valence-corrected chi connectivity index (χ1v) is 5.63. The van der Waals surface area contributed by atoms with Crippen molar-refractivity contribution in [1.29, 1.82) is 0 Å². The Morgan fingerprint density at radius 2 is 2.07 bits per heavy atom. The lowest BCUT2D eigenvalue weighted by Crippen LogP contribution is -2.11. The molecule has 1 rings (SSSR count). The highest BCUT2D eigenvalue weighted by atomic mass is 16.4. The molecular formula is C10H20N4O. The van der Waals surface area contributed by atoms with Gasteiger partial charge in [0.2, 0.25) is 5.89 Å². The normalized spacial score (nSPS) is 10.5. The summed E-state index contributed by atoms with van der Waals surface area (Å²) in [6, 6.07) is 0.527. The smallest absolute Gasteiger partial charge is 0.315 e. The van der Waals surface area contributed by atoms with E-state index in [1.165, 1.54) is 12.8 Å². The monoisotopic (exact) mass is 212 g/mol. The Morgan fingerprint density at radius 3 is 2.80 bits per heavy atom. The van der Waals surface area contributed by atoms with Crippen LogP contribution < -0.4 is 10.6 Å². The van der Waals surface area contributed by atoms with E-state index in [9.17, 15) is 0 Å². The quantitative estimate of drug-likeness (QED) is 0.643. The van der Waals surface area contributed by atoms with Crippen LogP contribution in [0.1, 0.15) is 39.0 Å². The lowest BCUT2D eigenvalue weighted by atomic mass is 10.2. The molecule has 0 unspecified atom stereocenters. The average Bonchev–Trinajstić information content (AvgIpc) is 2.69. The standard InChI is InChI=1S/C10H20N4O/c1-3-5-6-7-12-10-14-13-9(15-10)8-11-4-2/h11H,3-8H2,1-2H3,(H,12,14). The molecule has 1 aromatic rings. The fraction of sp³-hybridized carbons (Fsp3) is 0.800. The van der Waals surface area contributed by atoms with Crippen LogP contribution in [0.4, 0.5) is 6.01 Å². The number of nitrogens with zero attached hydrogens (tertiary/aromatic N) is 2. The molecule has 0 radical (unpaired) electrons. The Hall–Kier alpha value is -1.10. The zero-order valence-corrected chi connectivity index (χ0v) is 9.55. The maximum atomic E-state index is 5.37. The zero-order valence-electron chi connectivity index (χ0n) is 9.55. The Morgan fingerprint density at radius 1 is 1.20 bits per heavy atom. The molecular weight excluding hydrogens is 192 g/mol. The molecule has 0 aliphatic carbocycles. The minimum absolute atomic E-state index is 0.527. The maximum Gasteiger partial charge on any atom is 0.315 e. The first-order valence-electron chi connectivity index (χ1n) is 5.63. The Balaban J connectivity index is 2.20.